The first-order valence-corrected chi connectivity index (χ1v) is 7.85. The van der Waals surface area contributed by atoms with Crippen molar-refractivity contribution in [3.63, 3.8) is 0 Å². The van der Waals surface area contributed by atoms with Crippen LogP contribution in [0.2, 0.25) is 0 Å². The molecule has 22 heavy (non-hydrogen) atoms. The van der Waals surface area contributed by atoms with Gasteiger partial charge >= 0.3 is 0 Å². The summed E-state index contributed by atoms with van der Waals surface area (Å²) in [5.74, 6) is 0. The van der Waals surface area contributed by atoms with E-state index < -0.39 is 0 Å². The Kier molecular flexibility index (Phi) is 3.36. The Labute approximate surface area is 131 Å². The predicted octanol–water partition coefficient (Wildman–Crippen LogP) is 5.78. The average molecular weight is 282 g/mol. The molecule has 0 saturated carbocycles. The number of aryl methyl sites for hydroxylation is 2. The molecule has 0 aliphatic carbocycles. The molecule has 106 valence electrons. The molecule has 0 aromatic heterocycles. The van der Waals surface area contributed by atoms with Crippen molar-refractivity contribution >= 4 is 21.5 Å². The largest absolute Gasteiger partial charge is 0.0622 e. The van der Waals surface area contributed by atoms with Gasteiger partial charge in [-0.1, -0.05) is 84.9 Å². The molecule has 0 amide bonds. The molecule has 0 saturated heterocycles. The summed E-state index contributed by atoms with van der Waals surface area (Å²) in [6, 6.07) is 30.6. The van der Waals surface area contributed by atoms with E-state index in [0.29, 0.717) is 0 Å². The van der Waals surface area contributed by atoms with Crippen LogP contribution in [0.4, 0.5) is 0 Å². The Hall–Kier alpha value is -2.60. The van der Waals surface area contributed by atoms with Gasteiger partial charge in [0.1, 0.15) is 0 Å². The molecule has 4 aromatic rings. The number of rotatable bonds is 3. The van der Waals surface area contributed by atoms with E-state index in [-0.39, 0.29) is 0 Å². The third-order valence-corrected chi connectivity index (χ3v) is 4.40. The van der Waals surface area contributed by atoms with Crippen LogP contribution in [0.5, 0.6) is 0 Å². The molecule has 0 radical (unpaired) electrons. The van der Waals surface area contributed by atoms with E-state index >= 15 is 0 Å². The summed E-state index contributed by atoms with van der Waals surface area (Å²) >= 11 is 0. The first kappa shape index (κ1) is 13.1. The molecule has 0 heteroatoms. The fourth-order valence-electron chi connectivity index (χ4n) is 3.25. The number of fused-ring (bicyclic) bond motifs is 3. The summed E-state index contributed by atoms with van der Waals surface area (Å²) in [6.07, 6.45) is 2.17. The second-order valence-electron chi connectivity index (χ2n) is 5.78. The van der Waals surface area contributed by atoms with E-state index in [1.807, 2.05) is 0 Å². The van der Waals surface area contributed by atoms with Crippen LogP contribution in [0.25, 0.3) is 21.5 Å². The van der Waals surface area contributed by atoms with E-state index in [1.54, 1.807) is 0 Å². The minimum Gasteiger partial charge on any atom is -0.0622 e. The van der Waals surface area contributed by atoms with Gasteiger partial charge in [0.15, 0.2) is 0 Å². The van der Waals surface area contributed by atoms with E-state index in [9.17, 15) is 0 Å². The van der Waals surface area contributed by atoms with Crippen LogP contribution in [0.1, 0.15) is 11.1 Å². The quantitative estimate of drug-likeness (QED) is 0.418. The minimum atomic E-state index is 1.08. The van der Waals surface area contributed by atoms with Gasteiger partial charge in [0.05, 0.1) is 0 Å². The Morgan fingerprint density at radius 1 is 0.455 bits per heavy atom. The number of hydrogen-bond donors (Lipinski definition) is 0. The summed E-state index contributed by atoms with van der Waals surface area (Å²) in [5, 5.41) is 5.41. The summed E-state index contributed by atoms with van der Waals surface area (Å²) in [4.78, 5) is 0. The van der Waals surface area contributed by atoms with Gasteiger partial charge in [0.2, 0.25) is 0 Å². The van der Waals surface area contributed by atoms with Crippen molar-refractivity contribution in [2.45, 2.75) is 12.8 Å². The molecule has 0 spiro atoms. The fraction of sp³-hybridized carbons (Fsp3) is 0.0909. The number of hydrogen-bond acceptors (Lipinski definition) is 0. The van der Waals surface area contributed by atoms with Crippen LogP contribution in [-0.4, -0.2) is 0 Å². The van der Waals surface area contributed by atoms with Crippen molar-refractivity contribution in [2.75, 3.05) is 0 Å². The summed E-state index contributed by atoms with van der Waals surface area (Å²) in [7, 11) is 0. The maximum Gasteiger partial charge on any atom is -0.0103 e. The molecule has 0 heterocycles. The summed E-state index contributed by atoms with van der Waals surface area (Å²) < 4.78 is 0. The van der Waals surface area contributed by atoms with Gasteiger partial charge in [-0.2, -0.15) is 0 Å². The highest BCUT2D eigenvalue weighted by Crippen LogP contribution is 2.28. The van der Waals surface area contributed by atoms with Crippen LogP contribution in [0.3, 0.4) is 0 Å². The monoisotopic (exact) mass is 282 g/mol. The lowest BCUT2D eigenvalue weighted by atomic mass is 9.95. The van der Waals surface area contributed by atoms with Crippen molar-refractivity contribution in [1.82, 2.24) is 0 Å². The molecule has 0 atom stereocenters. The van der Waals surface area contributed by atoms with Gasteiger partial charge in [-0.3, -0.25) is 0 Å². The predicted molar refractivity (Wildman–Crippen MR) is 95.3 cm³/mol. The molecule has 4 rings (SSSR count). The lowest BCUT2D eigenvalue weighted by Crippen LogP contribution is -1.92. The Morgan fingerprint density at radius 2 is 1.23 bits per heavy atom. The van der Waals surface area contributed by atoms with Gasteiger partial charge in [-0.25, -0.2) is 0 Å². The zero-order valence-corrected chi connectivity index (χ0v) is 12.5. The van der Waals surface area contributed by atoms with Crippen LogP contribution >= 0.6 is 0 Å². The summed E-state index contributed by atoms with van der Waals surface area (Å²) in [6.45, 7) is 0. The molecule has 4 aromatic carbocycles. The minimum absolute atomic E-state index is 1.08. The smallest absolute Gasteiger partial charge is 0.0103 e. The Morgan fingerprint density at radius 3 is 2.14 bits per heavy atom. The third-order valence-electron chi connectivity index (χ3n) is 4.40. The van der Waals surface area contributed by atoms with Crippen molar-refractivity contribution in [3.05, 3.63) is 96.1 Å². The van der Waals surface area contributed by atoms with Crippen molar-refractivity contribution in [1.29, 1.82) is 0 Å². The van der Waals surface area contributed by atoms with Gasteiger partial charge in [-0.15, -0.1) is 0 Å². The first-order valence-electron chi connectivity index (χ1n) is 7.85. The fourth-order valence-corrected chi connectivity index (χ4v) is 3.25. The zero-order chi connectivity index (χ0) is 14.8. The first-order chi connectivity index (χ1) is 10.9. The van der Waals surface area contributed by atoms with Crippen LogP contribution in [0, 0.1) is 0 Å². The lowest BCUT2D eigenvalue weighted by molar-refractivity contribution is 0.969. The van der Waals surface area contributed by atoms with Gasteiger partial charge in [0.25, 0.3) is 0 Å². The third kappa shape index (κ3) is 2.37. The van der Waals surface area contributed by atoms with Gasteiger partial charge < -0.3 is 0 Å². The van der Waals surface area contributed by atoms with Crippen molar-refractivity contribution in [3.8, 4) is 0 Å². The van der Waals surface area contributed by atoms with Crippen LogP contribution in [-0.2, 0) is 12.8 Å². The SMILES string of the molecule is c1ccc(CCc2cccc3c2ccc2ccccc23)cc1. The maximum atomic E-state index is 2.28. The second kappa shape index (κ2) is 5.65. The standard InChI is InChI=1S/C22H18/c1-2-7-17(8-3-1)13-14-19-10-6-12-22-20-11-5-4-9-18(20)15-16-21(19)22/h1-12,15-16H,13-14H2. The van der Waals surface area contributed by atoms with E-state index in [1.165, 1.54) is 32.7 Å². The molecule has 0 fully saturated rings. The van der Waals surface area contributed by atoms with E-state index in [4.69, 9.17) is 0 Å². The highest BCUT2D eigenvalue weighted by atomic mass is 14.1. The zero-order valence-electron chi connectivity index (χ0n) is 12.5. The molecule has 0 unspecified atom stereocenters. The topological polar surface area (TPSA) is 0 Å². The van der Waals surface area contributed by atoms with E-state index in [0.717, 1.165) is 12.8 Å². The highest BCUT2D eigenvalue weighted by Gasteiger charge is 2.04. The molecule has 0 N–H and O–H groups in total. The second-order valence-corrected chi connectivity index (χ2v) is 5.78. The molecule has 0 nitrogen and oxygen atoms in total. The van der Waals surface area contributed by atoms with Crippen LogP contribution < -0.4 is 0 Å². The van der Waals surface area contributed by atoms with Crippen molar-refractivity contribution in [2.24, 2.45) is 0 Å². The van der Waals surface area contributed by atoms with Gasteiger partial charge in [-0.05, 0) is 45.5 Å². The molecule has 0 aliphatic rings. The molecular formula is C22H18. The highest BCUT2D eigenvalue weighted by molar-refractivity contribution is 6.08. The number of benzene rings is 4. The normalized spacial score (nSPS) is 11.1. The van der Waals surface area contributed by atoms with Crippen LogP contribution in [0.15, 0.2) is 84.9 Å². The maximum absolute atomic E-state index is 2.28. The molecule has 0 bridgehead atoms. The van der Waals surface area contributed by atoms with Gasteiger partial charge in [0, 0.05) is 0 Å². The van der Waals surface area contributed by atoms with Crippen molar-refractivity contribution < 1.29 is 0 Å². The Balaban J connectivity index is 1.76. The summed E-state index contributed by atoms with van der Waals surface area (Å²) in [5.41, 5.74) is 2.84. The molecule has 0 aliphatic heterocycles. The lowest BCUT2D eigenvalue weighted by Gasteiger charge is -2.09. The average Bonchev–Trinajstić information content (AvgIpc) is 2.60. The molecular weight excluding hydrogens is 264 g/mol. The Bertz CT molecular complexity index is 920. The van der Waals surface area contributed by atoms with E-state index in [2.05, 4.69) is 84.9 Å².